The number of halogens is 1. The lowest BCUT2D eigenvalue weighted by molar-refractivity contribution is -0.117. The van der Waals surface area contributed by atoms with Crippen LogP contribution in [0.2, 0.25) is 0 Å². The number of hydrogen-bond donors (Lipinski definition) is 1. The van der Waals surface area contributed by atoms with E-state index in [-0.39, 0.29) is 23.6 Å². The molecule has 2 aromatic carbocycles. The summed E-state index contributed by atoms with van der Waals surface area (Å²) < 4.78 is 13.9. The Kier molecular flexibility index (Phi) is 4.53. The second-order valence-corrected chi connectivity index (χ2v) is 7.10. The summed E-state index contributed by atoms with van der Waals surface area (Å²) in [4.78, 5) is 15.0. The molecule has 3 nitrogen and oxygen atoms in total. The van der Waals surface area contributed by atoms with Crippen molar-refractivity contribution in [1.82, 2.24) is 4.90 Å². The molecule has 0 aromatic heterocycles. The maximum Gasteiger partial charge on any atom is 0.228 e. The van der Waals surface area contributed by atoms with Crippen molar-refractivity contribution in [3.05, 3.63) is 65.5 Å². The van der Waals surface area contributed by atoms with Crippen molar-refractivity contribution >= 4 is 11.6 Å². The number of benzene rings is 2. The van der Waals surface area contributed by atoms with Crippen LogP contribution >= 0.6 is 0 Å². The third-order valence-electron chi connectivity index (χ3n) is 5.30. The topological polar surface area (TPSA) is 32.3 Å². The molecule has 4 heteroatoms. The van der Waals surface area contributed by atoms with Gasteiger partial charge in [0.15, 0.2) is 0 Å². The Hall–Kier alpha value is -2.20. The van der Waals surface area contributed by atoms with Crippen molar-refractivity contribution in [3.8, 4) is 0 Å². The largest absolute Gasteiger partial charge is 0.326 e. The van der Waals surface area contributed by atoms with Gasteiger partial charge in [-0.05, 0) is 61.5 Å². The minimum atomic E-state index is -0.211. The van der Waals surface area contributed by atoms with Crippen LogP contribution in [0.3, 0.4) is 0 Å². The highest BCUT2D eigenvalue weighted by Crippen LogP contribution is 2.48. The van der Waals surface area contributed by atoms with Gasteiger partial charge >= 0.3 is 0 Å². The summed E-state index contributed by atoms with van der Waals surface area (Å²) >= 11 is 0. The fourth-order valence-corrected chi connectivity index (χ4v) is 3.79. The number of carbonyl (C=O) groups is 1. The Labute approximate surface area is 147 Å². The average Bonchev–Trinajstić information content (AvgIpc) is 3.25. The summed E-state index contributed by atoms with van der Waals surface area (Å²) in [5.74, 6) is -0.331. The van der Waals surface area contributed by atoms with Crippen molar-refractivity contribution in [2.75, 3.05) is 18.4 Å². The van der Waals surface area contributed by atoms with Crippen LogP contribution in [-0.4, -0.2) is 23.9 Å². The molecule has 0 unspecified atom stereocenters. The number of nitrogens with zero attached hydrogens (tertiary/aromatic N) is 1. The van der Waals surface area contributed by atoms with Gasteiger partial charge in [-0.15, -0.1) is 0 Å². The normalized spacial score (nSPS) is 22.8. The first-order valence-corrected chi connectivity index (χ1v) is 9.08. The summed E-state index contributed by atoms with van der Waals surface area (Å²) in [6.07, 6.45) is 3.23. The molecule has 1 aliphatic heterocycles. The van der Waals surface area contributed by atoms with Gasteiger partial charge in [0.1, 0.15) is 5.82 Å². The quantitative estimate of drug-likeness (QED) is 0.888. The standard InChI is InChI=1S/C21H23FN2O/c22-19-9-3-2-8-16(19)17-13-18(17)21(25)23-20-10-4-1-7-15(20)14-24-11-5-6-12-24/h1-4,7-10,17-18H,5-6,11-14H2,(H,23,25)/t17-,18-/m1/s1. The molecule has 2 fully saturated rings. The predicted octanol–water partition coefficient (Wildman–Crippen LogP) is 4.16. The van der Waals surface area contributed by atoms with Gasteiger partial charge in [-0.1, -0.05) is 36.4 Å². The van der Waals surface area contributed by atoms with Crippen LogP contribution in [0.5, 0.6) is 0 Å². The zero-order valence-corrected chi connectivity index (χ0v) is 14.2. The summed E-state index contributed by atoms with van der Waals surface area (Å²) in [6.45, 7) is 3.12. The molecule has 0 bridgehead atoms. The third-order valence-corrected chi connectivity index (χ3v) is 5.30. The number of hydrogen-bond acceptors (Lipinski definition) is 2. The lowest BCUT2D eigenvalue weighted by Gasteiger charge is -2.18. The molecule has 2 atom stereocenters. The van der Waals surface area contributed by atoms with Gasteiger partial charge in [0.2, 0.25) is 5.91 Å². The van der Waals surface area contributed by atoms with E-state index in [1.807, 2.05) is 24.3 Å². The van der Waals surface area contributed by atoms with Crippen LogP contribution in [0.1, 0.15) is 36.3 Å². The van der Waals surface area contributed by atoms with E-state index < -0.39 is 0 Å². The Morgan fingerprint density at radius 3 is 2.60 bits per heavy atom. The molecule has 4 rings (SSSR count). The molecule has 1 aliphatic carbocycles. The molecule has 1 heterocycles. The van der Waals surface area contributed by atoms with Gasteiger partial charge in [-0.3, -0.25) is 9.69 Å². The van der Waals surface area contributed by atoms with E-state index >= 15 is 0 Å². The maximum atomic E-state index is 13.9. The highest BCUT2D eigenvalue weighted by atomic mass is 19.1. The van der Waals surface area contributed by atoms with Crippen LogP contribution in [0, 0.1) is 11.7 Å². The van der Waals surface area contributed by atoms with E-state index in [2.05, 4.69) is 16.3 Å². The summed E-state index contributed by atoms with van der Waals surface area (Å²) in [6, 6.07) is 14.8. The molecule has 1 saturated heterocycles. The van der Waals surface area contributed by atoms with Gasteiger partial charge in [-0.25, -0.2) is 4.39 Å². The highest BCUT2D eigenvalue weighted by Gasteiger charge is 2.45. The van der Waals surface area contributed by atoms with Crippen LogP contribution < -0.4 is 5.32 Å². The van der Waals surface area contributed by atoms with Crippen LogP contribution in [0.25, 0.3) is 0 Å². The number of anilines is 1. The lowest BCUT2D eigenvalue weighted by atomic mass is 10.1. The Morgan fingerprint density at radius 2 is 1.80 bits per heavy atom. The number of para-hydroxylation sites is 1. The number of rotatable bonds is 5. The number of amides is 1. The maximum absolute atomic E-state index is 13.9. The number of carbonyl (C=O) groups excluding carboxylic acids is 1. The highest BCUT2D eigenvalue weighted by molar-refractivity contribution is 5.95. The van der Waals surface area contributed by atoms with Crippen LogP contribution in [0.4, 0.5) is 10.1 Å². The Balaban J connectivity index is 1.43. The first-order chi connectivity index (χ1) is 12.2. The average molecular weight is 338 g/mol. The monoisotopic (exact) mass is 338 g/mol. The van der Waals surface area contributed by atoms with Gasteiger partial charge in [0, 0.05) is 18.2 Å². The smallest absolute Gasteiger partial charge is 0.228 e. The molecular weight excluding hydrogens is 315 g/mol. The molecule has 2 aliphatic rings. The van der Waals surface area contributed by atoms with E-state index in [1.165, 1.54) is 18.9 Å². The molecule has 1 amide bonds. The van der Waals surface area contributed by atoms with E-state index in [0.29, 0.717) is 5.56 Å². The molecular formula is C21H23FN2O. The van der Waals surface area contributed by atoms with Gasteiger partial charge in [0.05, 0.1) is 0 Å². The van der Waals surface area contributed by atoms with E-state index in [0.717, 1.165) is 37.3 Å². The van der Waals surface area contributed by atoms with E-state index in [1.54, 1.807) is 12.1 Å². The minimum Gasteiger partial charge on any atom is -0.326 e. The van der Waals surface area contributed by atoms with Crippen molar-refractivity contribution < 1.29 is 9.18 Å². The van der Waals surface area contributed by atoms with Gasteiger partial charge in [0.25, 0.3) is 0 Å². The molecule has 1 N–H and O–H groups in total. The summed E-state index contributed by atoms with van der Waals surface area (Å²) in [5.41, 5.74) is 2.70. The first-order valence-electron chi connectivity index (χ1n) is 9.08. The lowest BCUT2D eigenvalue weighted by Crippen LogP contribution is -2.21. The molecule has 1 saturated carbocycles. The minimum absolute atomic E-state index is 0.00197. The van der Waals surface area contributed by atoms with Crippen molar-refractivity contribution in [2.24, 2.45) is 5.92 Å². The molecule has 25 heavy (non-hydrogen) atoms. The fourth-order valence-electron chi connectivity index (χ4n) is 3.79. The summed E-state index contributed by atoms with van der Waals surface area (Å²) in [5, 5.41) is 3.08. The second kappa shape index (κ2) is 6.96. The van der Waals surface area contributed by atoms with Crippen LogP contribution in [0.15, 0.2) is 48.5 Å². The van der Waals surface area contributed by atoms with E-state index in [4.69, 9.17) is 0 Å². The molecule has 130 valence electrons. The zero-order valence-electron chi connectivity index (χ0n) is 14.2. The van der Waals surface area contributed by atoms with Crippen molar-refractivity contribution in [1.29, 1.82) is 0 Å². The Bertz CT molecular complexity index is 770. The van der Waals surface area contributed by atoms with E-state index in [9.17, 15) is 9.18 Å². The fraction of sp³-hybridized carbons (Fsp3) is 0.381. The molecule has 0 radical (unpaired) electrons. The number of likely N-dealkylation sites (tertiary alicyclic amines) is 1. The number of nitrogens with one attached hydrogen (secondary N) is 1. The SMILES string of the molecule is O=C(Nc1ccccc1CN1CCCC1)[C@@H]1C[C@@H]1c1ccccc1F. The van der Waals surface area contributed by atoms with Gasteiger partial charge < -0.3 is 5.32 Å². The Morgan fingerprint density at radius 1 is 1.08 bits per heavy atom. The molecule has 2 aromatic rings. The van der Waals surface area contributed by atoms with Gasteiger partial charge in [-0.2, -0.15) is 0 Å². The third kappa shape index (κ3) is 3.59. The van der Waals surface area contributed by atoms with Crippen molar-refractivity contribution in [2.45, 2.75) is 31.7 Å². The van der Waals surface area contributed by atoms with Crippen LogP contribution in [-0.2, 0) is 11.3 Å². The first kappa shape index (κ1) is 16.3. The zero-order chi connectivity index (χ0) is 17.2. The predicted molar refractivity (Wildman–Crippen MR) is 96.8 cm³/mol. The second-order valence-electron chi connectivity index (χ2n) is 7.10. The molecule has 0 spiro atoms. The van der Waals surface area contributed by atoms with Crippen molar-refractivity contribution in [3.63, 3.8) is 0 Å². The summed E-state index contributed by atoms with van der Waals surface area (Å²) in [7, 11) is 0.